The summed E-state index contributed by atoms with van der Waals surface area (Å²) in [6.45, 7) is 3.82. The third-order valence-electron chi connectivity index (χ3n) is 3.44. The second-order valence-electron chi connectivity index (χ2n) is 4.84. The molecule has 1 aliphatic heterocycles. The Hall–Kier alpha value is -1.02. The van der Waals surface area contributed by atoms with E-state index in [4.69, 9.17) is 5.73 Å². The fraction of sp³-hybridized carbons (Fsp3) is 0.538. The van der Waals surface area contributed by atoms with Crippen LogP contribution in [-0.2, 0) is 10.0 Å². The van der Waals surface area contributed by atoms with E-state index in [0.29, 0.717) is 26.2 Å². The second kappa shape index (κ2) is 6.62. The van der Waals surface area contributed by atoms with E-state index in [1.54, 1.807) is 0 Å². The van der Waals surface area contributed by atoms with Crippen LogP contribution in [0.25, 0.3) is 0 Å². The van der Waals surface area contributed by atoms with Crippen molar-refractivity contribution in [2.24, 2.45) is 5.73 Å². The highest BCUT2D eigenvalue weighted by Crippen LogP contribution is 2.18. The molecular formula is C13H20FN3O2S. The van der Waals surface area contributed by atoms with E-state index in [9.17, 15) is 12.8 Å². The van der Waals surface area contributed by atoms with Gasteiger partial charge in [0.15, 0.2) is 0 Å². The Morgan fingerprint density at radius 3 is 2.45 bits per heavy atom. The van der Waals surface area contributed by atoms with Crippen molar-refractivity contribution in [3.63, 3.8) is 0 Å². The summed E-state index contributed by atoms with van der Waals surface area (Å²) >= 11 is 0. The van der Waals surface area contributed by atoms with Gasteiger partial charge in [-0.05, 0) is 37.2 Å². The van der Waals surface area contributed by atoms with Crippen molar-refractivity contribution in [1.29, 1.82) is 0 Å². The molecule has 1 saturated heterocycles. The van der Waals surface area contributed by atoms with Crippen LogP contribution in [0.2, 0.25) is 0 Å². The lowest BCUT2D eigenvalue weighted by molar-refractivity contribution is 0.294. The zero-order valence-electron chi connectivity index (χ0n) is 11.3. The molecule has 1 heterocycles. The number of nitrogens with zero attached hydrogens (tertiary/aromatic N) is 2. The Morgan fingerprint density at radius 1 is 1.10 bits per heavy atom. The van der Waals surface area contributed by atoms with E-state index >= 15 is 0 Å². The first kappa shape index (κ1) is 15.4. The summed E-state index contributed by atoms with van der Waals surface area (Å²) in [4.78, 5) is 2.31. The number of halogens is 1. The summed E-state index contributed by atoms with van der Waals surface area (Å²) in [5, 5.41) is 0. The fourth-order valence-electron chi connectivity index (χ4n) is 2.35. The van der Waals surface area contributed by atoms with Crippen molar-refractivity contribution in [2.45, 2.75) is 11.3 Å². The highest BCUT2D eigenvalue weighted by molar-refractivity contribution is 7.89. The maximum Gasteiger partial charge on any atom is 0.243 e. The quantitative estimate of drug-likeness (QED) is 0.878. The first-order valence-electron chi connectivity index (χ1n) is 6.72. The van der Waals surface area contributed by atoms with Gasteiger partial charge in [0.05, 0.1) is 4.90 Å². The lowest BCUT2D eigenvalue weighted by atomic mass is 10.4. The van der Waals surface area contributed by atoms with Crippen molar-refractivity contribution in [3.05, 3.63) is 30.1 Å². The second-order valence-corrected chi connectivity index (χ2v) is 6.78. The Kier molecular flexibility index (Phi) is 5.09. The molecule has 0 aliphatic carbocycles. The first-order chi connectivity index (χ1) is 9.54. The molecule has 1 fully saturated rings. The van der Waals surface area contributed by atoms with Gasteiger partial charge >= 0.3 is 0 Å². The van der Waals surface area contributed by atoms with E-state index in [0.717, 1.165) is 19.5 Å². The average molecular weight is 301 g/mol. The van der Waals surface area contributed by atoms with E-state index in [1.165, 1.54) is 28.6 Å². The predicted molar refractivity (Wildman–Crippen MR) is 75.3 cm³/mol. The van der Waals surface area contributed by atoms with Gasteiger partial charge in [-0.2, -0.15) is 4.31 Å². The minimum absolute atomic E-state index is 0.145. The molecule has 0 aromatic heterocycles. The van der Waals surface area contributed by atoms with E-state index in [1.807, 2.05) is 0 Å². The van der Waals surface area contributed by atoms with Crippen molar-refractivity contribution in [2.75, 3.05) is 39.3 Å². The van der Waals surface area contributed by atoms with Crippen LogP contribution in [0.3, 0.4) is 0 Å². The Balaban J connectivity index is 2.11. The number of hydrogen-bond acceptors (Lipinski definition) is 4. The Labute approximate surface area is 119 Å². The van der Waals surface area contributed by atoms with Gasteiger partial charge in [0.1, 0.15) is 5.82 Å². The molecule has 1 aromatic rings. The largest absolute Gasteiger partial charge is 0.329 e. The molecule has 1 aromatic carbocycles. The van der Waals surface area contributed by atoms with Crippen LogP contribution in [0.1, 0.15) is 6.42 Å². The molecule has 0 saturated carbocycles. The van der Waals surface area contributed by atoms with Gasteiger partial charge in [-0.25, -0.2) is 12.8 Å². The summed E-state index contributed by atoms with van der Waals surface area (Å²) in [6.07, 6.45) is 0.778. The standard InChI is InChI=1S/C13H20FN3O2S/c14-12-2-4-13(5-3-12)20(18,19)17-8-1-7-16(9-6-15)10-11-17/h2-5H,1,6-11,15H2. The van der Waals surface area contributed by atoms with Gasteiger partial charge in [-0.1, -0.05) is 0 Å². The molecule has 112 valence electrons. The minimum Gasteiger partial charge on any atom is -0.329 e. The smallest absolute Gasteiger partial charge is 0.243 e. The molecule has 0 radical (unpaired) electrons. The molecule has 7 heteroatoms. The molecule has 0 bridgehead atoms. The normalized spacial score (nSPS) is 18.9. The molecule has 20 heavy (non-hydrogen) atoms. The molecule has 0 unspecified atom stereocenters. The summed E-state index contributed by atoms with van der Waals surface area (Å²) in [5.41, 5.74) is 5.53. The molecule has 0 amide bonds. The predicted octanol–water partition coefficient (Wildman–Crippen LogP) is 0.481. The van der Waals surface area contributed by atoms with Gasteiger partial charge in [-0.15, -0.1) is 0 Å². The maximum absolute atomic E-state index is 12.9. The maximum atomic E-state index is 12.9. The SMILES string of the molecule is NCCN1CCCN(S(=O)(=O)c2ccc(F)cc2)CC1. The van der Waals surface area contributed by atoms with E-state index in [-0.39, 0.29) is 4.90 Å². The van der Waals surface area contributed by atoms with Gasteiger partial charge in [-0.3, -0.25) is 0 Å². The average Bonchev–Trinajstić information content (AvgIpc) is 2.66. The third-order valence-corrected chi connectivity index (χ3v) is 5.36. The van der Waals surface area contributed by atoms with Crippen molar-refractivity contribution >= 4 is 10.0 Å². The van der Waals surface area contributed by atoms with Crippen LogP contribution in [-0.4, -0.2) is 56.9 Å². The molecule has 0 atom stereocenters. The van der Waals surface area contributed by atoms with Crippen LogP contribution in [0.4, 0.5) is 4.39 Å². The van der Waals surface area contributed by atoms with Crippen LogP contribution >= 0.6 is 0 Å². The van der Waals surface area contributed by atoms with Crippen molar-refractivity contribution in [3.8, 4) is 0 Å². The molecule has 5 nitrogen and oxygen atoms in total. The molecular weight excluding hydrogens is 281 g/mol. The summed E-state index contributed by atoms with van der Waals surface area (Å²) < 4.78 is 39.3. The third kappa shape index (κ3) is 3.54. The lowest BCUT2D eigenvalue weighted by Crippen LogP contribution is -2.36. The van der Waals surface area contributed by atoms with Gasteiger partial charge in [0.2, 0.25) is 10.0 Å². The van der Waals surface area contributed by atoms with Crippen LogP contribution in [0.15, 0.2) is 29.2 Å². The summed E-state index contributed by atoms with van der Waals surface area (Å²) in [5.74, 6) is -0.436. The Morgan fingerprint density at radius 2 is 1.80 bits per heavy atom. The van der Waals surface area contributed by atoms with Crippen molar-refractivity contribution < 1.29 is 12.8 Å². The van der Waals surface area contributed by atoms with Crippen LogP contribution in [0, 0.1) is 5.82 Å². The van der Waals surface area contributed by atoms with Gasteiger partial charge in [0.25, 0.3) is 0 Å². The van der Waals surface area contributed by atoms with Crippen LogP contribution < -0.4 is 5.73 Å². The lowest BCUT2D eigenvalue weighted by Gasteiger charge is -2.21. The summed E-state index contributed by atoms with van der Waals surface area (Å²) in [6, 6.07) is 4.97. The van der Waals surface area contributed by atoms with Gasteiger partial charge < -0.3 is 10.6 Å². The van der Waals surface area contributed by atoms with E-state index < -0.39 is 15.8 Å². The number of benzene rings is 1. The number of hydrogen-bond donors (Lipinski definition) is 1. The molecule has 0 spiro atoms. The highest BCUT2D eigenvalue weighted by atomic mass is 32.2. The first-order valence-corrected chi connectivity index (χ1v) is 8.16. The topological polar surface area (TPSA) is 66.6 Å². The van der Waals surface area contributed by atoms with E-state index in [2.05, 4.69) is 4.90 Å². The fourth-order valence-corrected chi connectivity index (χ4v) is 3.82. The van der Waals surface area contributed by atoms with Gasteiger partial charge in [0, 0.05) is 32.7 Å². The minimum atomic E-state index is -3.53. The molecule has 2 rings (SSSR count). The number of sulfonamides is 1. The highest BCUT2D eigenvalue weighted by Gasteiger charge is 2.26. The molecule has 2 N–H and O–H groups in total. The van der Waals surface area contributed by atoms with Crippen molar-refractivity contribution in [1.82, 2.24) is 9.21 Å². The van der Waals surface area contributed by atoms with Crippen LogP contribution in [0.5, 0.6) is 0 Å². The zero-order valence-corrected chi connectivity index (χ0v) is 12.2. The summed E-state index contributed by atoms with van der Waals surface area (Å²) in [7, 11) is -3.53. The molecule has 1 aliphatic rings. The number of nitrogens with two attached hydrogens (primary N) is 1. The Bertz CT molecular complexity index is 533. The number of rotatable bonds is 4. The monoisotopic (exact) mass is 301 g/mol. The zero-order chi connectivity index (χ0) is 14.6.